The summed E-state index contributed by atoms with van der Waals surface area (Å²) in [5.41, 5.74) is 1.53. The van der Waals surface area contributed by atoms with E-state index in [1.54, 1.807) is 18.4 Å². The first-order valence-corrected chi connectivity index (χ1v) is 11.7. The summed E-state index contributed by atoms with van der Waals surface area (Å²) in [7, 11) is 0. The van der Waals surface area contributed by atoms with E-state index in [-0.39, 0.29) is 18.4 Å². The molecule has 7 nitrogen and oxygen atoms in total. The molecule has 4 rings (SSSR count). The molecule has 166 valence electrons. The summed E-state index contributed by atoms with van der Waals surface area (Å²) in [6.45, 7) is 2.46. The Hall–Kier alpha value is -2.61. The predicted molar refractivity (Wildman–Crippen MR) is 117 cm³/mol. The summed E-state index contributed by atoms with van der Waals surface area (Å²) in [6, 6.07) is 3.56. The maximum absolute atomic E-state index is 13.1. The Labute approximate surface area is 185 Å². The van der Waals surface area contributed by atoms with Gasteiger partial charge >= 0.3 is 5.97 Å². The number of aliphatic carboxylic acids is 1. The van der Waals surface area contributed by atoms with E-state index < -0.39 is 17.8 Å². The van der Waals surface area contributed by atoms with Crippen LogP contribution in [0.3, 0.4) is 0 Å². The molecule has 0 bridgehead atoms. The van der Waals surface area contributed by atoms with Crippen LogP contribution < -0.4 is 10.6 Å². The first-order valence-electron chi connectivity index (χ1n) is 10.9. The highest BCUT2D eigenvalue weighted by Gasteiger charge is 2.37. The van der Waals surface area contributed by atoms with E-state index in [0.717, 1.165) is 42.5 Å². The van der Waals surface area contributed by atoms with Crippen LogP contribution in [0.1, 0.15) is 65.6 Å². The molecule has 0 aliphatic heterocycles. The van der Waals surface area contributed by atoms with Crippen molar-refractivity contribution in [1.29, 1.82) is 0 Å². The van der Waals surface area contributed by atoms with Crippen molar-refractivity contribution in [1.82, 2.24) is 5.32 Å². The standard InChI is InChI=1S/C23H28N2O5S/c1-13-8-9-17-18(11-13)31-22(19(17)21(27)24-12-14-5-4-10-30-14)25-20(26)15-6-2-3-7-16(15)23(28)29/h4-5,10,13,15-16H,2-3,6-9,11-12H2,1H3,(H,24,27)(H,25,26)(H,28,29)/t13-,15-,16+/m1/s1. The molecule has 1 fully saturated rings. The third kappa shape index (κ3) is 4.69. The van der Waals surface area contributed by atoms with Gasteiger partial charge in [-0.2, -0.15) is 0 Å². The van der Waals surface area contributed by atoms with E-state index in [4.69, 9.17) is 4.42 Å². The molecule has 3 N–H and O–H groups in total. The molecule has 8 heteroatoms. The van der Waals surface area contributed by atoms with Crippen molar-refractivity contribution < 1.29 is 23.9 Å². The second-order valence-corrected chi connectivity index (χ2v) is 9.75. The minimum absolute atomic E-state index is 0.239. The van der Waals surface area contributed by atoms with Crippen molar-refractivity contribution in [3.8, 4) is 0 Å². The molecule has 0 radical (unpaired) electrons. The molecular weight excluding hydrogens is 416 g/mol. The smallest absolute Gasteiger partial charge is 0.307 e. The van der Waals surface area contributed by atoms with Gasteiger partial charge in [0.25, 0.3) is 5.91 Å². The SMILES string of the molecule is C[C@@H]1CCc2c(sc(NC(=O)[C@@H]3CCCC[C@@H]3C(=O)O)c2C(=O)NCc2ccco2)C1. The van der Waals surface area contributed by atoms with Gasteiger partial charge < -0.3 is 20.2 Å². The quantitative estimate of drug-likeness (QED) is 0.618. The zero-order valence-electron chi connectivity index (χ0n) is 17.6. The molecule has 2 aliphatic rings. The Bertz CT molecular complexity index is 965. The Morgan fingerprint density at radius 1 is 1.19 bits per heavy atom. The van der Waals surface area contributed by atoms with Crippen molar-refractivity contribution in [2.75, 3.05) is 5.32 Å². The van der Waals surface area contributed by atoms with Gasteiger partial charge in [-0.25, -0.2) is 0 Å². The number of nitrogens with one attached hydrogen (secondary N) is 2. The first-order chi connectivity index (χ1) is 14.9. The lowest BCUT2D eigenvalue weighted by molar-refractivity contribution is -0.147. The Morgan fingerprint density at radius 3 is 2.68 bits per heavy atom. The molecule has 31 heavy (non-hydrogen) atoms. The highest BCUT2D eigenvalue weighted by atomic mass is 32.1. The second-order valence-electron chi connectivity index (χ2n) is 8.64. The number of carbonyl (C=O) groups is 3. The Balaban J connectivity index is 1.58. The van der Waals surface area contributed by atoms with Gasteiger partial charge in [-0.05, 0) is 55.7 Å². The molecule has 0 unspecified atom stereocenters. The lowest BCUT2D eigenvalue weighted by atomic mass is 9.78. The summed E-state index contributed by atoms with van der Waals surface area (Å²) in [5.74, 6) is -1.50. The fourth-order valence-corrected chi connectivity index (χ4v) is 6.10. The van der Waals surface area contributed by atoms with Crippen LogP contribution in [0.25, 0.3) is 0 Å². The number of carboxylic acid groups (broad SMARTS) is 1. The van der Waals surface area contributed by atoms with E-state index in [1.165, 1.54) is 11.3 Å². The minimum atomic E-state index is -0.921. The van der Waals surface area contributed by atoms with E-state index in [0.29, 0.717) is 35.1 Å². The van der Waals surface area contributed by atoms with Crippen molar-refractivity contribution in [2.45, 2.75) is 58.4 Å². The van der Waals surface area contributed by atoms with Gasteiger partial charge in [0.2, 0.25) is 5.91 Å². The van der Waals surface area contributed by atoms with E-state index in [1.807, 2.05) is 0 Å². The lowest BCUT2D eigenvalue weighted by Crippen LogP contribution is -2.36. The fourth-order valence-electron chi connectivity index (χ4n) is 4.69. The van der Waals surface area contributed by atoms with Gasteiger partial charge in [-0.3, -0.25) is 14.4 Å². The van der Waals surface area contributed by atoms with Gasteiger partial charge in [0.1, 0.15) is 10.8 Å². The molecule has 3 atom stereocenters. The number of furan rings is 1. The lowest BCUT2D eigenvalue weighted by Gasteiger charge is -2.27. The van der Waals surface area contributed by atoms with Gasteiger partial charge in [0.15, 0.2) is 0 Å². The van der Waals surface area contributed by atoms with Crippen LogP contribution >= 0.6 is 11.3 Å². The number of carbonyl (C=O) groups excluding carboxylic acids is 2. The maximum atomic E-state index is 13.1. The van der Waals surface area contributed by atoms with E-state index >= 15 is 0 Å². The molecule has 2 aliphatic carbocycles. The Morgan fingerprint density at radius 2 is 1.97 bits per heavy atom. The van der Waals surface area contributed by atoms with Crippen LogP contribution in [0.4, 0.5) is 5.00 Å². The number of amides is 2. The number of rotatable bonds is 6. The molecule has 0 spiro atoms. The van der Waals surface area contributed by atoms with Gasteiger partial charge in [0, 0.05) is 4.88 Å². The molecule has 2 heterocycles. The van der Waals surface area contributed by atoms with Crippen LogP contribution in [0, 0.1) is 17.8 Å². The number of thiophene rings is 1. The third-order valence-electron chi connectivity index (χ3n) is 6.40. The fraction of sp³-hybridized carbons (Fsp3) is 0.522. The minimum Gasteiger partial charge on any atom is -0.481 e. The number of carboxylic acids is 1. The zero-order valence-corrected chi connectivity index (χ0v) is 18.4. The van der Waals surface area contributed by atoms with Crippen molar-refractivity contribution in [3.05, 3.63) is 40.2 Å². The highest BCUT2D eigenvalue weighted by molar-refractivity contribution is 7.17. The van der Waals surface area contributed by atoms with Gasteiger partial charge in [-0.15, -0.1) is 11.3 Å². The monoisotopic (exact) mass is 444 g/mol. The van der Waals surface area contributed by atoms with E-state index in [2.05, 4.69) is 17.6 Å². The molecule has 2 aromatic rings. The highest BCUT2D eigenvalue weighted by Crippen LogP contribution is 2.40. The van der Waals surface area contributed by atoms with Gasteiger partial charge in [-0.1, -0.05) is 19.8 Å². The summed E-state index contributed by atoms with van der Waals surface area (Å²) in [5, 5.41) is 15.9. The van der Waals surface area contributed by atoms with Crippen LogP contribution in [0.2, 0.25) is 0 Å². The summed E-state index contributed by atoms with van der Waals surface area (Å²) < 4.78 is 5.30. The number of anilines is 1. The number of hydrogen-bond donors (Lipinski definition) is 3. The van der Waals surface area contributed by atoms with E-state index in [9.17, 15) is 19.5 Å². The normalized spacial score (nSPS) is 23.1. The van der Waals surface area contributed by atoms with Crippen molar-refractivity contribution >= 4 is 34.1 Å². The second kappa shape index (κ2) is 9.26. The largest absolute Gasteiger partial charge is 0.481 e. The first kappa shape index (κ1) is 21.6. The van der Waals surface area contributed by atoms with Crippen molar-refractivity contribution in [3.63, 3.8) is 0 Å². The summed E-state index contributed by atoms with van der Waals surface area (Å²) >= 11 is 1.46. The van der Waals surface area contributed by atoms with Crippen LogP contribution in [-0.4, -0.2) is 22.9 Å². The maximum Gasteiger partial charge on any atom is 0.307 e. The third-order valence-corrected chi connectivity index (χ3v) is 7.57. The van der Waals surface area contributed by atoms with Crippen LogP contribution in [0.5, 0.6) is 0 Å². The summed E-state index contributed by atoms with van der Waals surface area (Å²) in [4.78, 5) is 39.0. The molecule has 2 aromatic heterocycles. The Kier molecular flexibility index (Phi) is 6.46. The molecule has 2 amide bonds. The number of fused-ring (bicyclic) bond motifs is 1. The molecule has 0 saturated heterocycles. The predicted octanol–water partition coefficient (Wildman–Crippen LogP) is 4.23. The summed E-state index contributed by atoms with van der Waals surface area (Å²) in [6.07, 6.45) is 6.99. The topological polar surface area (TPSA) is 109 Å². The van der Waals surface area contributed by atoms with Crippen LogP contribution in [-0.2, 0) is 29.0 Å². The van der Waals surface area contributed by atoms with Crippen molar-refractivity contribution in [2.24, 2.45) is 17.8 Å². The molecule has 0 aromatic carbocycles. The molecule has 1 saturated carbocycles. The zero-order chi connectivity index (χ0) is 22.0. The van der Waals surface area contributed by atoms with Gasteiger partial charge in [0.05, 0.1) is 30.2 Å². The number of hydrogen-bond acceptors (Lipinski definition) is 5. The van der Waals surface area contributed by atoms with Crippen LogP contribution in [0.15, 0.2) is 22.8 Å². The average molecular weight is 445 g/mol. The average Bonchev–Trinajstić information content (AvgIpc) is 3.39. The molecular formula is C23H28N2O5S.